The average Bonchev–Trinajstić information content (AvgIpc) is 2.73. The first-order chi connectivity index (χ1) is 14.2. The van der Waals surface area contributed by atoms with Crippen LogP contribution in [0.5, 0.6) is 0 Å². The van der Waals surface area contributed by atoms with E-state index in [0.29, 0.717) is 51.2 Å². The molecule has 0 spiro atoms. The predicted molar refractivity (Wildman–Crippen MR) is 110 cm³/mol. The number of benzene rings is 1. The molecule has 3 unspecified atom stereocenters. The maximum Gasteiger partial charge on any atom is 0.338 e. The quantitative estimate of drug-likeness (QED) is 0.651. The Balaban J connectivity index is 1.64. The molecule has 166 valence electrons. The van der Waals surface area contributed by atoms with Crippen LogP contribution in [-0.4, -0.2) is 75.0 Å². The Labute approximate surface area is 178 Å². The second-order valence-corrected chi connectivity index (χ2v) is 10.2. The van der Waals surface area contributed by atoms with Crippen molar-refractivity contribution in [2.45, 2.75) is 38.2 Å². The first-order valence-electron chi connectivity index (χ1n) is 10.4. The molecule has 9 heteroatoms. The van der Waals surface area contributed by atoms with Gasteiger partial charge < -0.3 is 14.4 Å². The number of morpholine rings is 1. The highest BCUT2D eigenvalue weighted by atomic mass is 32.2. The van der Waals surface area contributed by atoms with Crippen LogP contribution in [0.1, 0.15) is 37.6 Å². The normalized spacial score (nSPS) is 24.3. The first kappa shape index (κ1) is 22.7. The molecule has 0 N–H and O–H groups in total. The van der Waals surface area contributed by atoms with E-state index in [1.165, 1.54) is 35.5 Å². The van der Waals surface area contributed by atoms with E-state index in [2.05, 4.69) is 13.8 Å². The molecule has 0 aliphatic carbocycles. The van der Waals surface area contributed by atoms with Gasteiger partial charge in [0.1, 0.15) is 0 Å². The molecular formula is C21H30N2O6S. The molecule has 8 nitrogen and oxygen atoms in total. The van der Waals surface area contributed by atoms with Crippen LogP contribution < -0.4 is 0 Å². The first-order valence-corrected chi connectivity index (χ1v) is 11.8. The van der Waals surface area contributed by atoms with Crippen LogP contribution in [0.15, 0.2) is 29.2 Å². The van der Waals surface area contributed by atoms with Gasteiger partial charge in [-0.2, -0.15) is 4.31 Å². The number of sulfonamides is 1. The molecule has 30 heavy (non-hydrogen) atoms. The summed E-state index contributed by atoms with van der Waals surface area (Å²) in [7, 11) is -3.61. The van der Waals surface area contributed by atoms with Crippen molar-refractivity contribution in [3.63, 3.8) is 0 Å². The monoisotopic (exact) mass is 438 g/mol. The van der Waals surface area contributed by atoms with E-state index in [1.54, 1.807) is 4.90 Å². The van der Waals surface area contributed by atoms with Crippen molar-refractivity contribution in [3.8, 4) is 0 Å². The number of hydrogen-bond donors (Lipinski definition) is 0. The van der Waals surface area contributed by atoms with Crippen LogP contribution >= 0.6 is 0 Å². The zero-order valence-electron chi connectivity index (χ0n) is 17.7. The Bertz CT molecular complexity index is 854. The summed E-state index contributed by atoms with van der Waals surface area (Å²) < 4.78 is 37.9. The van der Waals surface area contributed by atoms with Crippen molar-refractivity contribution >= 4 is 21.9 Å². The minimum absolute atomic E-state index is 0.151. The van der Waals surface area contributed by atoms with E-state index in [9.17, 15) is 18.0 Å². The molecule has 0 bridgehead atoms. The molecule has 2 aliphatic heterocycles. The van der Waals surface area contributed by atoms with Crippen LogP contribution in [0.4, 0.5) is 0 Å². The lowest BCUT2D eigenvalue weighted by atomic mass is 9.94. The van der Waals surface area contributed by atoms with E-state index >= 15 is 0 Å². The molecule has 1 aromatic carbocycles. The highest BCUT2D eigenvalue weighted by Crippen LogP contribution is 2.26. The summed E-state index contributed by atoms with van der Waals surface area (Å²) in [5.74, 6) is -0.306. The molecule has 3 rings (SSSR count). The molecule has 0 saturated carbocycles. The van der Waals surface area contributed by atoms with Gasteiger partial charge in [0.15, 0.2) is 6.10 Å². The number of esters is 1. The van der Waals surface area contributed by atoms with Crippen LogP contribution in [0.25, 0.3) is 0 Å². The summed E-state index contributed by atoms with van der Waals surface area (Å²) in [4.78, 5) is 26.6. The van der Waals surface area contributed by atoms with Gasteiger partial charge in [0, 0.05) is 26.2 Å². The number of carbonyl (C=O) groups excluding carboxylic acids is 2. The maximum absolute atomic E-state index is 13.0. The molecule has 0 aromatic heterocycles. The van der Waals surface area contributed by atoms with Crippen molar-refractivity contribution in [2.75, 3.05) is 39.4 Å². The zero-order chi connectivity index (χ0) is 21.9. The maximum atomic E-state index is 13.0. The van der Waals surface area contributed by atoms with Crippen LogP contribution in [0, 0.1) is 11.8 Å². The van der Waals surface area contributed by atoms with Gasteiger partial charge in [0.2, 0.25) is 10.0 Å². The summed E-state index contributed by atoms with van der Waals surface area (Å²) in [6.45, 7) is 8.52. The number of rotatable bonds is 5. The highest BCUT2D eigenvalue weighted by Gasteiger charge is 2.32. The molecule has 0 radical (unpaired) electrons. The molecular weight excluding hydrogens is 408 g/mol. The molecule has 2 heterocycles. The third-order valence-corrected chi connectivity index (χ3v) is 7.36. The number of piperidine rings is 1. The van der Waals surface area contributed by atoms with E-state index in [-0.39, 0.29) is 16.4 Å². The van der Waals surface area contributed by atoms with Gasteiger partial charge in [-0.3, -0.25) is 4.79 Å². The lowest BCUT2D eigenvalue weighted by Crippen LogP contribution is -2.46. The summed E-state index contributed by atoms with van der Waals surface area (Å²) in [6.07, 6.45) is 0.0911. The Hall–Kier alpha value is -1.97. The van der Waals surface area contributed by atoms with Crippen molar-refractivity contribution in [2.24, 2.45) is 11.8 Å². The molecule has 2 aliphatic rings. The summed E-state index contributed by atoms with van der Waals surface area (Å²) in [5, 5.41) is 0. The fourth-order valence-corrected chi connectivity index (χ4v) is 5.71. The van der Waals surface area contributed by atoms with Crippen LogP contribution in [-0.2, 0) is 24.3 Å². The van der Waals surface area contributed by atoms with Crippen molar-refractivity contribution in [3.05, 3.63) is 29.8 Å². The Morgan fingerprint density at radius 2 is 1.63 bits per heavy atom. The number of amides is 1. The minimum Gasteiger partial charge on any atom is -0.449 e. The molecule has 2 saturated heterocycles. The van der Waals surface area contributed by atoms with Gasteiger partial charge in [-0.1, -0.05) is 13.8 Å². The SMILES string of the molecule is CC1CC(C)CN(S(=O)(=O)c2ccc(C(=O)OC(C)C(=O)N3CCOCC3)cc2)C1. The molecule has 1 amide bonds. The third-order valence-electron chi connectivity index (χ3n) is 5.52. The Kier molecular flexibility index (Phi) is 7.15. The topological polar surface area (TPSA) is 93.2 Å². The van der Waals surface area contributed by atoms with E-state index in [0.717, 1.165) is 6.42 Å². The summed E-state index contributed by atoms with van der Waals surface area (Å²) >= 11 is 0. The van der Waals surface area contributed by atoms with Gasteiger partial charge in [0.05, 0.1) is 23.7 Å². The standard InChI is InChI=1S/C21H30N2O6S/c1-15-12-16(2)14-23(13-15)30(26,27)19-6-4-18(5-7-19)21(25)29-17(3)20(24)22-8-10-28-11-9-22/h4-7,15-17H,8-14H2,1-3H3. The molecule has 1 aromatic rings. The summed E-state index contributed by atoms with van der Waals surface area (Å²) in [5.41, 5.74) is 0.205. The van der Waals surface area contributed by atoms with E-state index in [4.69, 9.17) is 9.47 Å². The van der Waals surface area contributed by atoms with E-state index < -0.39 is 22.1 Å². The largest absolute Gasteiger partial charge is 0.449 e. The minimum atomic E-state index is -3.61. The van der Waals surface area contributed by atoms with Gasteiger partial charge in [-0.25, -0.2) is 13.2 Å². The smallest absolute Gasteiger partial charge is 0.338 e. The van der Waals surface area contributed by atoms with Crippen LogP contribution in [0.2, 0.25) is 0 Å². The van der Waals surface area contributed by atoms with Crippen molar-refractivity contribution in [1.82, 2.24) is 9.21 Å². The highest BCUT2D eigenvalue weighted by molar-refractivity contribution is 7.89. The zero-order valence-corrected chi connectivity index (χ0v) is 18.6. The number of hydrogen-bond acceptors (Lipinski definition) is 6. The average molecular weight is 439 g/mol. The van der Waals surface area contributed by atoms with Crippen molar-refractivity contribution < 1.29 is 27.5 Å². The van der Waals surface area contributed by atoms with E-state index in [1.807, 2.05) is 0 Å². The Morgan fingerprint density at radius 3 is 2.20 bits per heavy atom. The van der Waals surface area contributed by atoms with Gasteiger partial charge in [0.25, 0.3) is 5.91 Å². The van der Waals surface area contributed by atoms with Crippen molar-refractivity contribution in [1.29, 1.82) is 0 Å². The number of ether oxygens (including phenoxy) is 2. The second kappa shape index (κ2) is 9.45. The Morgan fingerprint density at radius 1 is 1.07 bits per heavy atom. The fraction of sp³-hybridized carbons (Fsp3) is 0.619. The van der Waals surface area contributed by atoms with Gasteiger partial charge in [-0.15, -0.1) is 0 Å². The van der Waals surface area contributed by atoms with Gasteiger partial charge >= 0.3 is 5.97 Å². The lowest BCUT2D eigenvalue weighted by molar-refractivity contribution is -0.143. The summed E-state index contributed by atoms with van der Waals surface area (Å²) in [6, 6.07) is 5.70. The predicted octanol–water partition coefficient (Wildman–Crippen LogP) is 1.76. The number of nitrogens with zero attached hydrogens (tertiary/aromatic N) is 2. The molecule has 2 fully saturated rings. The molecule has 3 atom stereocenters. The number of carbonyl (C=O) groups is 2. The second-order valence-electron chi connectivity index (χ2n) is 8.28. The fourth-order valence-electron chi connectivity index (χ4n) is 4.03. The van der Waals surface area contributed by atoms with Crippen LogP contribution in [0.3, 0.4) is 0 Å². The third kappa shape index (κ3) is 5.19. The van der Waals surface area contributed by atoms with Gasteiger partial charge in [-0.05, 0) is 49.4 Å². The lowest BCUT2D eigenvalue weighted by Gasteiger charge is -2.34.